The maximum absolute atomic E-state index is 12.8. The highest BCUT2D eigenvalue weighted by Crippen LogP contribution is 2.29. The van der Waals surface area contributed by atoms with Crippen molar-refractivity contribution < 1.29 is 4.79 Å². The summed E-state index contributed by atoms with van der Waals surface area (Å²) in [5.74, 6) is 0.688. The molecule has 7 nitrogen and oxygen atoms in total. The molecule has 0 bridgehead atoms. The second kappa shape index (κ2) is 6.79. The standard InChI is InChI=1S/C19H28N6O/c1-12-8-13(2)22-18(21-12)25-15(4)16(14(3)23-25)9-17(26)24-7-6-19(5,10-20)11-24/h8H,6-7,9-11,20H2,1-5H3. The Bertz CT molecular complexity index is 823. The van der Waals surface area contributed by atoms with Crippen LogP contribution in [0.25, 0.3) is 5.95 Å². The number of carbonyl (C=O) groups excluding carboxylic acids is 1. The second-order valence-electron chi connectivity index (χ2n) is 7.77. The highest BCUT2D eigenvalue weighted by Gasteiger charge is 2.35. The summed E-state index contributed by atoms with van der Waals surface area (Å²) >= 11 is 0. The zero-order valence-corrected chi connectivity index (χ0v) is 16.3. The number of rotatable bonds is 4. The summed E-state index contributed by atoms with van der Waals surface area (Å²) in [6.07, 6.45) is 1.31. The molecule has 3 rings (SSSR count). The molecule has 1 fully saturated rings. The molecule has 3 heterocycles. The topological polar surface area (TPSA) is 89.9 Å². The van der Waals surface area contributed by atoms with Crippen molar-refractivity contribution in [2.45, 2.75) is 47.5 Å². The number of aryl methyl sites for hydroxylation is 3. The van der Waals surface area contributed by atoms with Gasteiger partial charge in [-0.2, -0.15) is 5.10 Å². The Morgan fingerprint density at radius 1 is 1.23 bits per heavy atom. The van der Waals surface area contributed by atoms with E-state index < -0.39 is 0 Å². The van der Waals surface area contributed by atoms with Crippen molar-refractivity contribution in [1.82, 2.24) is 24.6 Å². The number of likely N-dealkylation sites (tertiary alicyclic amines) is 1. The molecule has 0 aromatic carbocycles. The van der Waals surface area contributed by atoms with Crippen molar-refractivity contribution in [3.05, 3.63) is 34.4 Å². The Kier molecular flexibility index (Phi) is 4.84. The van der Waals surface area contributed by atoms with Gasteiger partial charge in [0.15, 0.2) is 0 Å². The van der Waals surface area contributed by atoms with E-state index in [0.29, 0.717) is 18.9 Å². The maximum Gasteiger partial charge on any atom is 0.251 e. The number of nitrogens with two attached hydrogens (primary N) is 1. The van der Waals surface area contributed by atoms with E-state index in [9.17, 15) is 4.79 Å². The average molecular weight is 356 g/mol. The third-order valence-electron chi connectivity index (χ3n) is 5.33. The largest absolute Gasteiger partial charge is 0.342 e. The first kappa shape index (κ1) is 18.5. The minimum atomic E-state index is 0.0386. The molecule has 0 spiro atoms. The summed E-state index contributed by atoms with van der Waals surface area (Å²) in [5.41, 5.74) is 10.4. The summed E-state index contributed by atoms with van der Waals surface area (Å²) in [7, 11) is 0. The number of carbonyl (C=O) groups is 1. The number of nitrogens with zero attached hydrogens (tertiary/aromatic N) is 5. The van der Waals surface area contributed by atoms with E-state index in [0.717, 1.165) is 47.8 Å². The van der Waals surface area contributed by atoms with Gasteiger partial charge in [0.1, 0.15) is 0 Å². The predicted octanol–water partition coefficient (Wildman–Crippen LogP) is 1.64. The third kappa shape index (κ3) is 3.49. The molecule has 1 aliphatic rings. The lowest BCUT2D eigenvalue weighted by Gasteiger charge is -2.22. The maximum atomic E-state index is 12.8. The molecule has 1 aliphatic heterocycles. The minimum absolute atomic E-state index is 0.0386. The summed E-state index contributed by atoms with van der Waals surface area (Å²) in [6, 6.07) is 1.93. The average Bonchev–Trinajstić information content (AvgIpc) is 3.10. The van der Waals surface area contributed by atoms with Crippen LogP contribution in [0.4, 0.5) is 0 Å². The van der Waals surface area contributed by atoms with Crippen molar-refractivity contribution in [3.8, 4) is 5.95 Å². The van der Waals surface area contributed by atoms with Crippen LogP contribution in [0.2, 0.25) is 0 Å². The first-order valence-corrected chi connectivity index (χ1v) is 9.08. The zero-order chi connectivity index (χ0) is 19.1. The molecule has 26 heavy (non-hydrogen) atoms. The lowest BCUT2D eigenvalue weighted by atomic mass is 9.90. The molecular weight excluding hydrogens is 328 g/mol. The minimum Gasteiger partial charge on any atom is -0.342 e. The molecule has 0 saturated carbocycles. The zero-order valence-electron chi connectivity index (χ0n) is 16.3. The van der Waals surface area contributed by atoms with Crippen LogP contribution in [-0.2, 0) is 11.2 Å². The van der Waals surface area contributed by atoms with E-state index >= 15 is 0 Å². The van der Waals surface area contributed by atoms with Gasteiger partial charge in [-0.3, -0.25) is 4.79 Å². The molecule has 140 valence electrons. The van der Waals surface area contributed by atoms with Crippen LogP contribution in [0.15, 0.2) is 6.07 Å². The van der Waals surface area contributed by atoms with Gasteiger partial charge in [0.25, 0.3) is 5.95 Å². The first-order valence-electron chi connectivity index (χ1n) is 9.08. The highest BCUT2D eigenvalue weighted by molar-refractivity contribution is 5.79. The molecule has 1 saturated heterocycles. The molecule has 1 unspecified atom stereocenters. The molecule has 1 amide bonds. The van der Waals surface area contributed by atoms with Gasteiger partial charge >= 0.3 is 0 Å². The van der Waals surface area contributed by atoms with E-state index in [4.69, 9.17) is 5.73 Å². The van der Waals surface area contributed by atoms with Crippen LogP contribution < -0.4 is 5.73 Å². The molecule has 0 radical (unpaired) electrons. The van der Waals surface area contributed by atoms with Crippen molar-refractivity contribution >= 4 is 5.91 Å². The SMILES string of the molecule is Cc1cc(C)nc(-n2nc(C)c(CC(=O)N3CCC(C)(CN)C3)c2C)n1. The molecule has 0 aliphatic carbocycles. The normalized spacial score (nSPS) is 20.0. The van der Waals surface area contributed by atoms with E-state index in [1.807, 2.05) is 38.7 Å². The molecule has 2 aromatic heterocycles. The quantitative estimate of drug-likeness (QED) is 0.899. The molecule has 2 aromatic rings. The van der Waals surface area contributed by atoms with Crippen molar-refractivity contribution in [2.24, 2.45) is 11.1 Å². The third-order valence-corrected chi connectivity index (χ3v) is 5.33. The summed E-state index contributed by atoms with van der Waals surface area (Å²) in [4.78, 5) is 23.7. The Morgan fingerprint density at radius 3 is 2.46 bits per heavy atom. The number of aromatic nitrogens is 4. The number of hydrogen-bond acceptors (Lipinski definition) is 5. The lowest BCUT2D eigenvalue weighted by Crippen LogP contribution is -2.35. The Labute approximate surface area is 154 Å². The summed E-state index contributed by atoms with van der Waals surface area (Å²) in [5, 5.41) is 4.59. The summed E-state index contributed by atoms with van der Waals surface area (Å²) in [6.45, 7) is 12.0. The van der Waals surface area contributed by atoms with Gasteiger partial charge in [-0.1, -0.05) is 6.92 Å². The smallest absolute Gasteiger partial charge is 0.251 e. The Hall–Kier alpha value is -2.28. The second-order valence-corrected chi connectivity index (χ2v) is 7.77. The van der Waals surface area contributed by atoms with Crippen LogP contribution in [0.1, 0.15) is 41.7 Å². The fourth-order valence-corrected chi connectivity index (χ4v) is 3.59. The van der Waals surface area contributed by atoms with Crippen LogP contribution in [-0.4, -0.2) is 50.2 Å². The van der Waals surface area contributed by atoms with Gasteiger partial charge < -0.3 is 10.6 Å². The van der Waals surface area contributed by atoms with E-state index in [1.54, 1.807) is 4.68 Å². The van der Waals surface area contributed by atoms with Crippen LogP contribution in [0, 0.1) is 33.1 Å². The van der Waals surface area contributed by atoms with Gasteiger partial charge in [0, 0.05) is 35.7 Å². The van der Waals surface area contributed by atoms with E-state index in [1.165, 1.54) is 0 Å². The van der Waals surface area contributed by atoms with Crippen LogP contribution >= 0.6 is 0 Å². The van der Waals surface area contributed by atoms with Gasteiger partial charge in [0.05, 0.1) is 12.1 Å². The van der Waals surface area contributed by atoms with E-state index in [-0.39, 0.29) is 11.3 Å². The molecule has 1 atom stereocenters. The van der Waals surface area contributed by atoms with Crippen molar-refractivity contribution in [1.29, 1.82) is 0 Å². The molecule has 7 heteroatoms. The predicted molar refractivity (Wildman–Crippen MR) is 100 cm³/mol. The molecular formula is C19H28N6O. The lowest BCUT2D eigenvalue weighted by molar-refractivity contribution is -0.129. The number of amides is 1. The monoisotopic (exact) mass is 356 g/mol. The fraction of sp³-hybridized carbons (Fsp3) is 0.579. The summed E-state index contributed by atoms with van der Waals surface area (Å²) < 4.78 is 1.74. The Balaban J connectivity index is 1.84. The molecule has 2 N–H and O–H groups in total. The number of hydrogen-bond donors (Lipinski definition) is 1. The van der Waals surface area contributed by atoms with Crippen molar-refractivity contribution in [3.63, 3.8) is 0 Å². The highest BCUT2D eigenvalue weighted by atomic mass is 16.2. The van der Waals surface area contributed by atoms with Crippen molar-refractivity contribution in [2.75, 3.05) is 19.6 Å². The Morgan fingerprint density at radius 2 is 1.88 bits per heavy atom. The van der Waals surface area contributed by atoms with Gasteiger partial charge in [-0.15, -0.1) is 0 Å². The van der Waals surface area contributed by atoms with Gasteiger partial charge in [-0.05, 0) is 52.1 Å². The van der Waals surface area contributed by atoms with Crippen LogP contribution in [0.5, 0.6) is 0 Å². The van der Waals surface area contributed by atoms with Gasteiger partial charge in [0.2, 0.25) is 5.91 Å². The first-order chi connectivity index (χ1) is 12.2. The van der Waals surface area contributed by atoms with Gasteiger partial charge in [-0.25, -0.2) is 14.6 Å². The van der Waals surface area contributed by atoms with Crippen LogP contribution in [0.3, 0.4) is 0 Å². The fourth-order valence-electron chi connectivity index (χ4n) is 3.59. The van der Waals surface area contributed by atoms with E-state index in [2.05, 4.69) is 22.0 Å².